The van der Waals surface area contributed by atoms with Crippen LogP contribution in [0.5, 0.6) is 23.0 Å². The summed E-state index contributed by atoms with van der Waals surface area (Å²) in [5.41, 5.74) is 1.86. The number of pyridine rings is 1. The number of fused-ring (bicyclic) bond motifs is 7. The van der Waals surface area contributed by atoms with Gasteiger partial charge in [-0.1, -0.05) is 38.3 Å². The van der Waals surface area contributed by atoms with Crippen molar-refractivity contribution in [2.75, 3.05) is 33.5 Å². The third-order valence-corrected chi connectivity index (χ3v) is 8.93. The van der Waals surface area contributed by atoms with Crippen LogP contribution in [0.2, 0.25) is 0 Å². The van der Waals surface area contributed by atoms with Crippen LogP contribution in [0.1, 0.15) is 95.3 Å². The Morgan fingerprint density at radius 2 is 1.81 bits per heavy atom. The average molecular weight is 595 g/mol. The van der Waals surface area contributed by atoms with Crippen molar-refractivity contribution in [1.82, 2.24) is 20.5 Å². The molecule has 2 aromatic rings. The molecule has 232 valence electrons. The Bertz CT molecular complexity index is 1510. The number of aromatic nitrogens is 1. The van der Waals surface area contributed by atoms with Gasteiger partial charge in [0.1, 0.15) is 11.3 Å². The molecule has 3 unspecified atom stereocenters. The van der Waals surface area contributed by atoms with Gasteiger partial charge in [0.2, 0.25) is 6.79 Å². The van der Waals surface area contributed by atoms with Gasteiger partial charge in [0, 0.05) is 60.9 Å². The first-order valence-corrected chi connectivity index (χ1v) is 15.0. The van der Waals surface area contributed by atoms with Gasteiger partial charge < -0.3 is 39.8 Å². The Kier molecular flexibility index (Phi) is 8.73. The maximum absolute atomic E-state index is 13.5. The van der Waals surface area contributed by atoms with E-state index >= 15 is 0 Å². The van der Waals surface area contributed by atoms with E-state index in [0.717, 1.165) is 43.2 Å². The number of hydrogen-bond acceptors (Lipinski definition) is 8. The molecule has 1 aliphatic heterocycles. The summed E-state index contributed by atoms with van der Waals surface area (Å²) in [5.74, 6) is 0.684. The van der Waals surface area contributed by atoms with Crippen LogP contribution in [-0.2, 0) is 7.05 Å². The second kappa shape index (κ2) is 12.3. The van der Waals surface area contributed by atoms with Gasteiger partial charge in [0.05, 0.1) is 12.7 Å². The minimum atomic E-state index is -0.615. The van der Waals surface area contributed by atoms with Gasteiger partial charge in [0.25, 0.3) is 17.4 Å². The highest BCUT2D eigenvalue weighted by Gasteiger charge is 2.44. The quantitative estimate of drug-likeness (QED) is 0.205. The van der Waals surface area contributed by atoms with Crippen LogP contribution in [-0.4, -0.2) is 60.6 Å². The summed E-state index contributed by atoms with van der Waals surface area (Å²) >= 11 is 0. The molecule has 0 saturated carbocycles. The number of nitrogens with zero attached hydrogens (tertiary/aromatic N) is 1. The Morgan fingerprint density at radius 1 is 1.09 bits per heavy atom. The second-order valence-electron chi connectivity index (χ2n) is 11.9. The minimum Gasteiger partial charge on any atom is -0.502 e. The number of aromatic hydroxyl groups is 1. The second-order valence-corrected chi connectivity index (χ2v) is 11.9. The molecule has 1 aromatic heterocycles. The van der Waals surface area contributed by atoms with E-state index in [9.17, 15) is 19.5 Å². The van der Waals surface area contributed by atoms with Gasteiger partial charge in [-0.15, -0.1) is 0 Å². The fourth-order valence-corrected chi connectivity index (χ4v) is 6.41. The number of aryl methyl sites for hydroxylation is 1. The first kappa shape index (κ1) is 30.5. The Labute approximate surface area is 251 Å². The number of allylic oxidation sites excluding steroid dienone is 2. The van der Waals surface area contributed by atoms with Crippen molar-refractivity contribution in [3.05, 3.63) is 56.5 Å². The van der Waals surface area contributed by atoms with Crippen molar-refractivity contribution < 1.29 is 28.9 Å². The van der Waals surface area contributed by atoms with Crippen LogP contribution in [0.3, 0.4) is 0 Å². The molecule has 0 radical (unpaired) electrons. The highest BCUT2D eigenvalue weighted by atomic mass is 16.7. The third-order valence-electron chi connectivity index (χ3n) is 8.93. The molecule has 2 heterocycles. The molecule has 11 nitrogen and oxygen atoms in total. The van der Waals surface area contributed by atoms with E-state index in [-0.39, 0.29) is 36.6 Å². The van der Waals surface area contributed by atoms with Gasteiger partial charge in [0.15, 0.2) is 17.2 Å². The van der Waals surface area contributed by atoms with Crippen LogP contribution in [0, 0.1) is 6.92 Å². The SMILES string of the molecule is CCCCCC(C)(CNC(=O)c1cc(C)n(C)c(=O)c1O)NCCNC(=O)c1c2c(c3c(c1OC)C1C=CC3C1)OCO2. The van der Waals surface area contributed by atoms with Crippen LogP contribution in [0.4, 0.5) is 0 Å². The van der Waals surface area contributed by atoms with Crippen molar-refractivity contribution in [2.45, 2.75) is 70.3 Å². The molecule has 3 aliphatic rings. The molecule has 0 fully saturated rings. The first-order valence-electron chi connectivity index (χ1n) is 15.0. The number of benzene rings is 1. The van der Waals surface area contributed by atoms with Crippen molar-refractivity contribution in [1.29, 1.82) is 0 Å². The lowest BCUT2D eigenvalue weighted by Crippen LogP contribution is -2.53. The largest absolute Gasteiger partial charge is 0.502 e. The predicted octanol–water partition coefficient (Wildman–Crippen LogP) is 3.37. The maximum Gasteiger partial charge on any atom is 0.293 e. The molecule has 0 saturated heterocycles. The van der Waals surface area contributed by atoms with Crippen LogP contribution in [0.15, 0.2) is 23.0 Å². The summed E-state index contributed by atoms with van der Waals surface area (Å²) < 4.78 is 18.7. The van der Waals surface area contributed by atoms with E-state index in [1.54, 1.807) is 21.1 Å². The lowest BCUT2D eigenvalue weighted by molar-refractivity contribution is 0.0935. The van der Waals surface area contributed by atoms with E-state index in [4.69, 9.17) is 14.2 Å². The summed E-state index contributed by atoms with van der Waals surface area (Å²) in [7, 11) is 3.12. The zero-order valence-corrected chi connectivity index (χ0v) is 25.6. The number of nitrogens with one attached hydrogen (secondary N) is 3. The van der Waals surface area contributed by atoms with Gasteiger partial charge in [-0.25, -0.2) is 0 Å². The third kappa shape index (κ3) is 5.70. The molecule has 1 aromatic carbocycles. The number of amides is 2. The number of carbonyl (C=O) groups is 2. The maximum atomic E-state index is 13.5. The van der Waals surface area contributed by atoms with Crippen molar-refractivity contribution >= 4 is 11.8 Å². The first-order chi connectivity index (χ1) is 20.6. The monoisotopic (exact) mass is 594 g/mol. The fraction of sp³-hybridized carbons (Fsp3) is 0.531. The number of ether oxygens (including phenoxy) is 3. The molecule has 2 amide bonds. The average Bonchev–Trinajstić information content (AvgIpc) is 3.75. The highest BCUT2D eigenvalue weighted by Crippen LogP contribution is 2.60. The highest BCUT2D eigenvalue weighted by molar-refractivity contribution is 6.02. The topological polar surface area (TPSA) is 140 Å². The molecule has 2 aliphatic carbocycles. The van der Waals surface area contributed by atoms with E-state index in [2.05, 4.69) is 35.0 Å². The summed E-state index contributed by atoms with van der Waals surface area (Å²) in [6.07, 6.45) is 9.12. The standard InChI is InChI=1S/C32H42N4O7/c1-6-7-8-11-32(3,16-34-29(38)21-14-18(2)36(4)31(40)25(21)37)35-13-12-33-30(39)24-26(41-5)22-19-9-10-20(15-19)23(22)27-28(24)43-17-42-27/h9-10,14,19-20,35,37H,6-8,11-13,15-17H2,1-5H3,(H,33,39)(H,34,38). The number of hydrogen-bond donors (Lipinski definition) is 4. The summed E-state index contributed by atoms with van der Waals surface area (Å²) in [5, 5.41) is 19.7. The van der Waals surface area contributed by atoms with Crippen LogP contribution < -0.4 is 35.7 Å². The Hall–Kier alpha value is -3.99. The van der Waals surface area contributed by atoms with Crippen molar-refractivity contribution in [3.63, 3.8) is 0 Å². The lowest BCUT2D eigenvalue weighted by Gasteiger charge is -2.32. The molecular formula is C32H42N4O7. The number of carbonyl (C=O) groups excluding carboxylic acids is 2. The van der Waals surface area contributed by atoms with Crippen LogP contribution >= 0.6 is 0 Å². The zero-order chi connectivity index (χ0) is 30.9. The smallest absolute Gasteiger partial charge is 0.293 e. The number of unbranched alkanes of at least 4 members (excludes halogenated alkanes) is 2. The molecule has 2 bridgehead atoms. The summed E-state index contributed by atoms with van der Waals surface area (Å²) in [6.45, 7) is 6.95. The van der Waals surface area contributed by atoms with E-state index in [1.807, 2.05) is 6.92 Å². The molecule has 0 spiro atoms. The van der Waals surface area contributed by atoms with Gasteiger partial charge >= 0.3 is 0 Å². The summed E-state index contributed by atoms with van der Waals surface area (Å²) in [4.78, 5) is 38.8. The van der Waals surface area contributed by atoms with E-state index < -0.39 is 22.8 Å². The molecule has 11 heteroatoms. The van der Waals surface area contributed by atoms with E-state index in [1.165, 1.54) is 10.6 Å². The van der Waals surface area contributed by atoms with Gasteiger partial charge in [-0.2, -0.15) is 0 Å². The molecule has 43 heavy (non-hydrogen) atoms. The van der Waals surface area contributed by atoms with Gasteiger partial charge in [-0.3, -0.25) is 14.4 Å². The zero-order valence-electron chi connectivity index (χ0n) is 25.6. The van der Waals surface area contributed by atoms with E-state index in [0.29, 0.717) is 41.6 Å². The Morgan fingerprint density at radius 3 is 2.53 bits per heavy atom. The fourth-order valence-electron chi connectivity index (χ4n) is 6.41. The molecule has 3 atom stereocenters. The minimum absolute atomic E-state index is 0.0468. The van der Waals surface area contributed by atoms with Crippen LogP contribution in [0.25, 0.3) is 0 Å². The molecular weight excluding hydrogens is 552 g/mol. The Balaban J connectivity index is 1.24. The predicted molar refractivity (Wildman–Crippen MR) is 162 cm³/mol. The molecule has 5 rings (SSSR count). The lowest BCUT2D eigenvalue weighted by atomic mass is 9.91. The number of rotatable bonds is 13. The normalized spacial score (nSPS) is 18.8. The molecule has 4 N–H and O–H groups in total. The summed E-state index contributed by atoms with van der Waals surface area (Å²) in [6, 6.07) is 1.50. The van der Waals surface area contributed by atoms with Gasteiger partial charge in [-0.05, 0) is 32.8 Å². The number of methoxy groups -OCH3 is 1. The van der Waals surface area contributed by atoms with Crippen molar-refractivity contribution in [3.8, 4) is 23.0 Å². The van der Waals surface area contributed by atoms with Crippen molar-refractivity contribution in [2.24, 2.45) is 7.05 Å².